The first kappa shape index (κ1) is 9.21. The minimum atomic E-state index is -1.34. The van der Waals surface area contributed by atoms with Crippen molar-refractivity contribution in [1.82, 2.24) is 9.78 Å². The number of aromatic nitrogens is 2. The second kappa shape index (κ2) is 2.81. The zero-order valence-electron chi connectivity index (χ0n) is 7.84. The molecule has 0 aliphatic heterocycles. The van der Waals surface area contributed by atoms with Crippen molar-refractivity contribution < 1.29 is 15.0 Å². The Morgan fingerprint density at radius 3 is 2.71 bits per heavy atom. The van der Waals surface area contributed by atoms with Gasteiger partial charge in [0.05, 0.1) is 11.1 Å². The van der Waals surface area contributed by atoms with Crippen molar-refractivity contribution in [3.05, 3.63) is 18.0 Å². The van der Waals surface area contributed by atoms with Gasteiger partial charge in [0.25, 0.3) is 0 Å². The molecule has 5 nitrogen and oxygen atoms in total. The SMILES string of the molecule is Cn1ccc(C2(C(O)C(=O)O)CC2)n1. The van der Waals surface area contributed by atoms with Crippen LogP contribution in [0.2, 0.25) is 0 Å². The molecular formula is C9H12N2O3. The van der Waals surface area contributed by atoms with Gasteiger partial charge < -0.3 is 10.2 Å². The molecule has 0 saturated heterocycles. The first-order valence-corrected chi connectivity index (χ1v) is 4.47. The van der Waals surface area contributed by atoms with Crippen molar-refractivity contribution in [2.45, 2.75) is 24.4 Å². The van der Waals surface area contributed by atoms with Crippen LogP contribution in [0.15, 0.2) is 12.3 Å². The fourth-order valence-electron chi connectivity index (χ4n) is 1.72. The van der Waals surface area contributed by atoms with Crippen LogP contribution in [0.25, 0.3) is 0 Å². The Morgan fingerprint density at radius 1 is 1.71 bits per heavy atom. The topological polar surface area (TPSA) is 75.4 Å². The number of aliphatic hydroxyl groups is 1. The highest BCUT2D eigenvalue weighted by atomic mass is 16.4. The van der Waals surface area contributed by atoms with Crippen molar-refractivity contribution in [2.24, 2.45) is 7.05 Å². The molecule has 14 heavy (non-hydrogen) atoms. The lowest BCUT2D eigenvalue weighted by atomic mass is 9.95. The van der Waals surface area contributed by atoms with E-state index in [2.05, 4.69) is 5.10 Å². The molecule has 1 aromatic heterocycles. The van der Waals surface area contributed by atoms with Gasteiger partial charge in [-0.1, -0.05) is 0 Å². The summed E-state index contributed by atoms with van der Waals surface area (Å²) in [6.07, 6.45) is 1.80. The van der Waals surface area contributed by atoms with Crippen molar-refractivity contribution in [1.29, 1.82) is 0 Å². The molecule has 5 heteroatoms. The summed E-state index contributed by atoms with van der Waals surface area (Å²) < 4.78 is 1.62. The Labute approximate surface area is 81.0 Å². The van der Waals surface area contributed by atoms with Gasteiger partial charge in [-0.05, 0) is 18.9 Å². The van der Waals surface area contributed by atoms with E-state index in [1.54, 1.807) is 24.0 Å². The molecule has 0 amide bonds. The quantitative estimate of drug-likeness (QED) is 0.707. The normalized spacial score (nSPS) is 20.4. The summed E-state index contributed by atoms with van der Waals surface area (Å²) in [7, 11) is 1.77. The molecule has 1 aliphatic rings. The lowest BCUT2D eigenvalue weighted by molar-refractivity contribution is -0.148. The third-order valence-corrected chi connectivity index (χ3v) is 2.77. The zero-order valence-corrected chi connectivity index (χ0v) is 7.84. The number of aliphatic hydroxyl groups excluding tert-OH is 1. The maximum atomic E-state index is 10.7. The molecule has 0 aromatic carbocycles. The number of carboxylic acid groups (broad SMARTS) is 1. The third kappa shape index (κ3) is 1.21. The van der Waals surface area contributed by atoms with E-state index in [-0.39, 0.29) is 0 Å². The molecule has 1 heterocycles. The highest BCUT2D eigenvalue weighted by Crippen LogP contribution is 2.50. The molecule has 0 bridgehead atoms. The van der Waals surface area contributed by atoms with Gasteiger partial charge in [-0.3, -0.25) is 4.68 Å². The Morgan fingerprint density at radius 2 is 2.36 bits per heavy atom. The summed E-state index contributed by atoms with van der Waals surface area (Å²) in [5.41, 5.74) is 0.0440. The monoisotopic (exact) mass is 196 g/mol. The number of rotatable bonds is 3. The molecule has 0 spiro atoms. The molecule has 0 radical (unpaired) electrons. The first-order valence-electron chi connectivity index (χ1n) is 4.47. The van der Waals surface area contributed by atoms with E-state index < -0.39 is 17.5 Å². The van der Waals surface area contributed by atoms with Gasteiger partial charge in [-0.15, -0.1) is 0 Å². The first-order chi connectivity index (χ1) is 6.56. The van der Waals surface area contributed by atoms with Crippen LogP contribution in [0.3, 0.4) is 0 Å². The molecule has 1 fully saturated rings. The summed E-state index contributed by atoms with van der Waals surface area (Å²) in [4.78, 5) is 10.7. The Bertz CT molecular complexity index is 368. The van der Waals surface area contributed by atoms with E-state index in [0.29, 0.717) is 18.5 Å². The summed E-state index contributed by atoms with van der Waals surface area (Å²) in [5.74, 6) is -1.17. The maximum absolute atomic E-state index is 10.7. The zero-order chi connectivity index (χ0) is 10.3. The van der Waals surface area contributed by atoms with Crippen LogP contribution >= 0.6 is 0 Å². The average molecular weight is 196 g/mol. The van der Waals surface area contributed by atoms with Gasteiger partial charge in [0, 0.05) is 13.2 Å². The molecule has 1 aromatic rings. The Balaban J connectivity index is 2.29. The van der Waals surface area contributed by atoms with Crippen molar-refractivity contribution in [3.8, 4) is 0 Å². The molecular weight excluding hydrogens is 184 g/mol. The Hall–Kier alpha value is -1.36. The molecule has 1 aliphatic carbocycles. The molecule has 1 unspecified atom stereocenters. The summed E-state index contributed by atoms with van der Waals surface area (Å²) in [6.45, 7) is 0. The number of nitrogens with zero attached hydrogens (tertiary/aromatic N) is 2. The lowest BCUT2D eigenvalue weighted by Gasteiger charge is -2.15. The summed E-state index contributed by atoms with van der Waals surface area (Å²) in [5, 5.41) is 22.4. The highest BCUT2D eigenvalue weighted by molar-refractivity contribution is 5.75. The number of hydrogen-bond acceptors (Lipinski definition) is 3. The second-order valence-corrected chi connectivity index (χ2v) is 3.77. The smallest absolute Gasteiger partial charge is 0.333 e. The predicted octanol–water partition coefficient (Wildman–Crippen LogP) is -0.103. The van der Waals surface area contributed by atoms with Crippen LogP contribution in [-0.4, -0.2) is 32.1 Å². The lowest BCUT2D eigenvalue weighted by Crippen LogP contribution is -2.34. The third-order valence-electron chi connectivity index (χ3n) is 2.77. The average Bonchev–Trinajstić information content (AvgIpc) is 2.83. The van der Waals surface area contributed by atoms with Crippen molar-refractivity contribution in [3.63, 3.8) is 0 Å². The van der Waals surface area contributed by atoms with Crippen LogP contribution in [0.5, 0.6) is 0 Å². The predicted molar refractivity (Wildman–Crippen MR) is 47.8 cm³/mol. The van der Waals surface area contributed by atoms with Gasteiger partial charge in [-0.2, -0.15) is 5.10 Å². The fourth-order valence-corrected chi connectivity index (χ4v) is 1.72. The highest BCUT2D eigenvalue weighted by Gasteiger charge is 2.55. The minimum Gasteiger partial charge on any atom is -0.479 e. The van der Waals surface area contributed by atoms with E-state index >= 15 is 0 Å². The number of aliphatic carboxylic acids is 1. The molecule has 2 rings (SSSR count). The van der Waals surface area contributed by atoms with E-state index in [4.69, 9.17) is 5.11 Å². The second-order valence-electron chi connectivity index (χ2n) is 3.77. The van der Waals surface area contributed by atoms with E-state index in [0.717, 1.165) is 0 Å². The summed E-state index contributed by atoms with van der Waals surface area (Å²) in [6, 6.07) is 1.76. The standard InChI is InChI=1S/C9H12N2O3/c1-11-5-2-6(10-11)9(3-4-9)7(12)8(13)14/h2,5,7,12H,3-4H2,1H3,(H,13,14). The summed E-state index contributed by atoms with van der Waals surface area (Å²) >= 11 is 0. The van der Waals surface area contributed by atoms with Gasteiger partial charge >= 0.3 is 5.97 Å². The Kier molecular flexibility index (Phi) is 1.85. The van der Waals surface area contributed by atoms with Crippen LogP contribution in [0.1, 0.15) is 18.5 Å². The number of carboxylic acids is 1. The molecule has 76 valence electrons. The van der Waals surface area contributed by atoms with Crippen LogP contribution in [0, 0.1) is 0 Å². The van der Waals surface area contributed by atoms with Crippen molar-refractivity contribution in [2.75, 3.05) is 0 Å². The van der Waals surface area contributed by atoms with E-state index in [1.807, 2.05) is 0 Å². The number of hydrogen-bond donors (Lipinski definition) is 2. The number of carbonyl (C=O) groups is 1. The van der Waals surface area contributed by atoms with Crippen molar-refractivity contribution >= 4 is 5.97 Å². The van der Waals surface area contributed by atoms with Gasteiger partial charge in [0.1, 0.15) is 0 Å². The largest absolute Gasteiger partial charge is 0.479 e. The fraction of sp³-hybridized carbons (Fsp3) is 0.556. The van der Waals surface area contributed by atoms with Gasteiger partial charge in [0.15, 0.2) is 6.10 Å². The van der Waals surface area contributed by atoms with E-state index in [9.17, 15) is 9.90 Å². The van der Waals surface area contributed by atoms with Crippen LogP contribution in [-0.2, 0) is 17.3 Å². The maximum Gasteiger partial charge on any atom is 0.333 e. The van der Waals surface area contributed by atoms with Gasteiger partial charge in [-0.25, -0.2) is 4.79 Å². The van der Waals surface area contributed by atoms with E-state index in [1.165, 1.54) is 0 Å². The van der Waals surface area contributed by atoms with Crippen LogP contribution in [0.4, 0.5) is 0 Å². The molecule has 1 saturated carbocycles. The minimum absolute atomic E-state index is 0.632. The molecule has 2 N–H and O–H groups in total. The molecule has 1 atom stereocenters. The van der Waals surface area contributed by atoms with Crippen LogP contribution < -0.4 is 0 Å². The van der Waals surface area contributed by atoms with Gasteiger partial charge in [0.2, 0.25) is 0 Å². The number of aryl methyl sites for hydroxylation is 1.